The van der Waals surface area contributed by atoms with Gasteiger partial charge in [-0.3, -0.25) is 4.79 Å². The van der Waals surface area contributed by atoms with Gasteiger partial charge in [-0.2, -0.15) is 0 Å². The Hall–Kier alpha value is -1.26. The third kappa shape index (κ3) is 5.40. The van der Waals surface area contributed by atoms with Crippen LogP contribution in [0.4, 0.5) is 0 Å². The number of hydrogen-bond donors (Lipinski definition) is 2. The van der Waals surface area contributed by atoms with E-state index in [-0.39, 0.29) is 23.7 Å². The maximum Gasteiger partial charge on any atom is 0.221 e. The van der Waals surface area contributed by atoms with Crippen molar-refractivity contribution in [2.75, 3.05) is 27.2 Å². The van der Waals surface area contributed by atoms with E-state index in [4.69, 9.17) is 4.74 Å². The minimum absolute atomic E-state index is 0. The molecule has 1 aromatic carbocycles. The predicted octanol–water partition coefficient (Wildman–Crippen LogP) is 3.04. The second kappa shape index (κ2) is 9.78. The number of halogens is 1. The third-order valence-electron chi connectivity index (χ3n) is 4.74. The summed E-state index contributed by atoms with van der Waals surface area (Å²) in [5, 5.41) is 6.16. The van der Waals surface area contributed by atoms with Gasteiger partial charge in [0.25, 0.3) is 0 Å². The molecule has 1 fully saturated rings. The normalized spacial score (nSPS) is 16.3. The number of rotatable bonds is 7. The van der Waals surface area contributed by atoms with Gasteiger partial charge >= 0.3 is 0 Å². The van der Waals surface area contributed by atoms with Gasteiger partial charge in [-0.1, -0.05) is 31.4 Å². The topological polar surface area (TPSA) is 50.4 Å². The van der Waals surface area contributed by atoms with Crippen molar-refractivity contribution in [2.24, 2.45) is 0 Å². The van der Waals surface area contributed by atoms with Crippen LogP contribution in [0.3, 0.4) is 0 Å². The summed E-state index contributed by atoms with van der Waals surface area (Å²) in [5.74, 6) is 1.01. The minimum Gasteiger partial charge on any atom is -0.497 e. The first-order valence-electron chi connectivity index (χ1n) is 8.26. The molecular weight excluding hydrogens is 312 g/mol. The summed E-state index contributed by atoms with van der Waals surface area (Å²) in [6.07, 6.45) is 6.59. The van der Waals surface area contributed by atoms with Gasteiger partial charge in [0.1, 0.15) is 5.75 Å². The lowest BCUT2D eigenvalue weighted by molar-refractivity contribution is -0.121. The average Bonchev–Trinajstić information content (AvgIpc) is 2.59. The van der Waals surface area contributed by atoms with Crippen LogP contribution in [-0.4, -0.2) is 33.2 Å². The molecule has 2 N–H and O–H groups in total. The summed E-state index contributed by atoms with van der Waals surface area (Å²) >= 11 is 0. The van der Waals surface area contributed by atoms with Gasteiger partial charge in [-0.15, -0.1) is 12.4 Å². The highest BCUT2D eigenvalue weighted by molar-refractivity contribution is 5.85. The molecule has 130 valence electrons. The van der Waals surface area contributed by atoms with Gasteiger partial charge in [0, 0.05) is 24.9 Å². The Kier molecular flexibility index (Phi) is 8.42. The summed E-state index contributed by atoms with van der Waals surface area (Å²) in [5.41, 5.74) is 1.40. The lowest BCUT2D eigenvalue weighted by Crippen LogP contribution is -2.42. The number of benzene rings is 1. The van der Waals surface area contributed by atoms with Gasteiger partial charge in [0.05, 0.1) is 7.11 Å². The maximum atomic E-state index is 11.9. The number of carbonyl (C=O) groups is 1. The fraction of sp³-hybridized carbons (Fsp3) is 0.611. The number of carbonyl (C=O) groups excluding carboxylic acids is 1. The molecule has 23 heavy (non-hydrogen) atoms. The lowest BCUT2D eigenvalue weighted by Gasteiger charge is -2.38. The molecule has 0 aromatic heterocycles. The summed E-state index contributed by atoms with van der Waals surface area (Å²) in [6, 6.07) is 8.36. The Morgan fingerprint density at radius 2 is 1.83 bits per heavy atom. The third-order valence-corrected chi connectivity index (χ3v) is 4.74. The first-order chi connectivity index (χ1) is 10.7. The average molecular weight is 341 g/mol. The largest absolute Gasteiger partial charge is 0.497 e. The molecule has 1 saturated carbocycles. The Morgan fingerprint density at radius 1 is 1.17 bits per heavy atom. The van der Waals surface area contributed by atoms with Crippen LogP contribution in [0.2, 0.25) is 0 Å². The highest BCUT2D eigenvalue weighted by atomic mass is 35.5. The molecular formula is C18H29ClN2O2. The van der Waals surface area contributed by atoms with E-state index in [0.717, 1.165) is 31.7 Å². The molecule has 0 spiro atoms. The Balaban J connectivity index is 0.00000264. The van der Waals surface area contributed by atoms with E-state index in [1.807, 2.05) is 19.2 Å². The van der Waals surface area contributed by atoms with E-state index < -0.39 is 0 Å². The number of ether oxygens (including phenoxy) is 1. The smallest absolute Gasteiger partial charge is 0.221 e. The van der Waals surface area contributed by atoms with Crippen molar-refractivity contribution >= 4 is 18.3 Å². The van der Waals surface area contributed by atoms with Crippen molar-refractivity contribution in [1.82, 2.24) is 10.6 Å². The zero-order chi connectivity index (χ0) is 15.8. The van der Waals surface area contributed by atoms with Gasteiger partial charge in [-0.25, -0.2) is 0 Å². The molecule has 5 heteroatoms. The quantitative estimate of drug-likeness (QED) is 0.802. The predicted molar refractivity (Wildman–Crippen MR) is 96.6 cm³/mol. The molecule has 1 amide bonds. The minimum atomic E-state index is 0. The SMILES string of the molecule is CNCCC(=O)NCC1(c2ccc(OC)cc2)CCCCC1.Cl. The molecule has 0 bridgehead atoms. The first-order valence-corrected chi connectivity index (χ1v) is 8.26. The fourth-order valence-electron chi connectivity index (χ4n) is 3.34. The Morgan fingerprint density at radius 3 is 2.39 bits per heavy atom. The number of methoxy groups -OCH3 is 1. The van der Waals surface area contributed by atoms with Crippen molar-refractivity contribution in [3.63, 3.8) is 0 Å². The molecule has 0 radical (unpaired) electrons. The molecule has 0 unspecified atom stereocenters. The van der Waals surface area contributed by atoms with Crippen LogP contribution in [-0.2, 0) is 10.2 Å². The molecule has 2 rings (SSSR count). The van der Waals surface area contributed by atoms with Crippen molar-refractivity contribution in [3.8, 4) is 5.75 Å². The van der Waals surface area contributed by atoms with Gasteiger partial charge < -0.3 is 15.4 Å². The Labute approximate surface area is 145 Å². The number of hydrogen-bond acceptors (Lipinski definition) is 3. The van der Waals surface area contributed by atoms with Crippen molar-refractivity contribution in [3.05, 3.63) is 29.8 Å². The van der Waals surface area contributed by atoms with Gasteiger partial charge in [0.2, 0.25) is 5.91 Å². The molecule has 1 aromatic rings. The van der Waals surface area contributed by atoms with Crippen molar-refractivity contribution < 1.29 is 9.53 Å². The monoisotopic (exact) mass is 340 g/mol. The summed E-state index contributed by atoms with van der Waals surface area (Å²) < 4.78 is 5.26. The van der Waals surface area contributed by atoms with Crippen LogP contribution in [0, 0.1) is 0 Å². The second-order valence-corrected chi connectivity index (χ2v) is 6.20. The van der Waals surface area contributed by atoms with E-state index in [9.17, 15) is 4.79 Å². The van der Waals surface area contributed by atoms with E-state index in [0.29, 0.717) is 6.42 Å². The molecule has 0 atom stereocenters. The van der Waals surface area contributed by atoms with E-state index in [2.05, 4.69) is 22.8 Å². The molecule has 0 aliphatic heterocycles. The number of amides is 1. The van der Waals surface area contributed by atoms with Gasteiger partial charge in [-0.05, 0) is 37.6 Å². The Bertz CT molecular complexity index is 470. The van der Waals surface area contributed by atoms with E-state index in [1.165, 1.54) is 24.8 Å². The summed E-state index contributed by atoms with van der Waals surface area (Å²) in [6.45, 7) is 1.46. The van der Waals surface area contributed by atoms with E-state index in [1.54, 1.807) is 7.11 Å². The van der Waals surface area contributed by atoms with Crippen LogP contribution >= 0.6 is 12.4 Å². The molecule has 0 saturated heterocycles. The highest BCUT2D eigenvalue weighted by Crippen LogP contribution is 2.39. The van der Waals surface area contributed by atoms with Crippen LogP contribution < -0.4 is 15.4 Å². The molecule has 4 nitrogen and oxygen atoms in total. The van der Waals surface area contributed by atoms with Crippen molar-refractivity contribution in [2.45, 2.75) is 43.9 Å². The van der Waals surface area contributed by atoms with Crippen LogP contribution in [0.25, 0.3) is 0 Å². The summed E-state index contributed by atoms with van der Waals surface area (Å²) in [4.78, 5) is 11.9. The first kappa shape index (κ1) is 19.8. The van der Waals surface area contributed by atoms with Gasteiger partial charge in [0.15, 0.2) is 0 Å². The molecule has 0 heterocycles. The number of nitrogens with one attached hydrogen (secondary N) is 2. The zero-order valence-corrected chi connectivity index (χ0v) is 15.0. The standard InChI is InChI=1S/C18H28N2O2.ClH/c1-19-13-10-17(21)20-14-18(11-4-3-5-12-18)15-6-8-16(22-2)9-7-15;/h6-9,19H,3-5,10-14H2,1-2H3,(H,20,21);1H. The second-order valence-electron chi connectivity index (χ2n) is 6.20. The van der Waals surface area contributed by atoms with Crippen LogP contribution in [0.15, 0.2) is 24.3 Å². The fourth-order valence-corrected chi connectivity index (χ4v) is 3.34. The lowest BCUT2D eigenvalue weighted by atomic mass is 9.69. The van der Waals surface area contributed by atoms with E-state index >= 15 is 0 Å². The molecule has 1 aliphatic carbocycles. The highest BCUT2D eigenvalue weighted by Gasteiger charge is 2.34. The van der Waals surface area contributed by atoms with Crippen molar-refractivity contribution in [1.29, 1.82) is 0 Å². The van der Waals surface area contributed by atoms with Crippen LogP contribution in [0.1, 0.15) is 44.1 Å². The molecule has 1 aliphatic rings. The summed E-state index contributed by atoms with van der Waals surface area (Å²) in [7, 11) is 3.56. The maximum absolute atomic E-state index is 11.9. The zero-order valence-electron chi connectivity index (χ0n) is 14.2. The van der Waals surface area contributed by atoms with Crippen LogP contribution in [0.5, 0.6) is 5.75 Å².